The topological polar surface area (TPSA) is 115 Å². The second kappa shape index (κ2) is 10.2. The highest BCUT2D eigenvalue weighted by atomic mass is 35.5. The summed E-state index contributed by atoms with van der Waals surface area (Å²) in [6.07, 6.45) is 1.27. The number of halogens is 1. The summed E-state index contributed by atoms with van der Waals surface area (Å²) < 4.78 is 1.94. The second-order valence-electron chi connectivity index (χ2n) is 6.46. The number of nitrogens with one attached hydrogen (secondary N) is 1. The molecule has 0 fully saturated rings. The first kappa shape index (κ1) is 22.4. The molecule has 1 N–H and O–H groups in total. The van der Waals surface area contributed by atoms with Gasteiger partial charge in [0.25, 0.3) is 11.6 Å². The number of carbonyl (C=O) groups is 1. The van der Waals surface area contributed by atoms with Crippen molar-refractivity contribution < 1.29 is 9.72 Å². The molecule has 0 saturated heterocycles. The van der Waals surface area contributed by atoms with Crippen molar-refractivity contribution in [2.75, 3.05) is 5.75 Å². The molecule has 0 unspecified atom stereocenters. The zero-order valence-electron chi connectivity index (χ0n) is 16.8. The van der Waals surface area contributed by atoms with Crippen molar-refractivity contribution in [1.82, 2.24) is 20.2 Å². The number of aryl methyl sites for hydroxylation is 1. The lowest BCUT2D eigenvalue weighted by Crippen LogP contribution is -2.20. The minimum Gasteiger partial charge on any atom is -0.302 e. The van der Waals surface area contributed by atoms with Gasteiger partial charge >= 0.3 is 0 Å². The minimum atomic E-state index is -0.530. The van der Waals surface area contributed by atoms with Crippen molar-refractivity contribution in [1.29, 1.82) is 0 Å². The molecule has 160 valence electrons. The summed E-state index contributed by atoms with van der Waals surface area (Å²) in [4.78, 5) is 22.5. The van der Waals surface area contributed by atoms with Crippen LogP contribution in [0.5, 0.6) is 0 Å². The molecule has 0 aliphatic heterocycles. The largest absolute Gasteiger partial charge is 0.302 e. The van der Waals surface area contributed by atoms with E-state index >= 15 is 0 Å². The third kappa shape index (κ3) is 5.68. The van der Waals surface area contributed by atoms with E-state index in [9.17, 15) is 14.9 Å². The van der Waals surface area contributed by atoms with Crippen LogP contribution in [0.25, 0.3) is 11.4 Å². The average Bonchev–Trinajstić information content (AvgIpc) is 3.16. The minimum absolute atomic E-state index is 0.0754. The van der Waals surface area contributed by atoms with Gasteiger partial charge in [-0.15, -0.1) is 10.2 Å². The average molecular weight is 459 g/mol. The molecule has 0 spiro atoms. The molecule has 0 aliphatic rings. The maximum absolute atomic E-state index is 12.1. The normalized spacial score (nSPS) is 11.1. The van der Waals surface area contributed by atoms with Crippen molar-refractivity contribution in [3.8, 4) is 11.4 Å². The smallest absolute Gasteiger partial charge is 0.270 e. The lowest BCUT2D eigenvalue weighted by Gasteiger charge is -2.07. The van der Waals surface area contributed by atoms with Gasteiger partial charge in [0.15, 0.2) is 11.0 Å². The molecule has 0 atom stereocenters. The van der Waals surface area contributed by atoms with Crippen LogP contribution in [0, 0.1) is 17.0 Å². The van der Waals surface area contributed by atoms with Crippen molar-refractivity contribution in [3.05, 3.63) is 68.7 Å². The second-order valence-corrected chi connectivity index (χ2v) is 7.81. The summed E-state index contributed by atoms with van der Waals surface area (Å²) in [6.45, 7) is 4.66. The predicted octanol–water partition coefficient (Wildman–Crippen LogP) is 4.08. The number of thioether (sulfide) groups is 1. The highest BCUT2D eigenvalue weighted by Crippen LogP contribution is 2.24. The third-order valence-corrected chi connectivity index (χ3v) is 5.57. The summed E-state index contributed by atoms with van der Waals surface area (Å²) in [6, 6.07) is 12.0. The Balaban J connectivity index is 1.61. The zero-order valence-corrected chi connectivity index (χ0v) is 18.4. The first-order chi connectivity index (χ1) is 14.9. The van der Waals surface area contributed by atoms with Crippen LogP contribution in [-0.4, -0.2) is 37.6 Å². The number of nitrogens with zero attached hydrogens (tertiary/aromatic N) is 5. The number of non-ortho nitro benzene ring substituents is 1. The summed E-state index contributed by atoms with van der Waals surface area (Å²) in [5.74, 6) is 0.459. The van der Waals surface area contributed by atoms with E-state index in [1.54, 1.807) is 0 Å². The summed E-state index contributed by atoms with van der Waals surface area (Å²) in [7, 11) is 0. The Morgan fingerprint density at radius 2 is 2.03 bits per heavy atom. The molecule has 31 heavy (non-hydrogen) atoms. The highest BCUT2D eigenvalue weighted by Gasteiger charge is 2.14. The molecule has 2 aromatic carbocycles. The number of aromatic nitrogens is 3. The van der Waals surface area contributed by atoms with Gasteiger partial charge in [-0.3, -0.25) is 14.9 Å². The van der Waals surface area contributed by atoms with Crippen molar-refractivity contribution in [3.63, 3.8) is 0 Å². The highest BCUT2D eigenvalue weighted by molar-refractivity contribution is 7.99. The number of nitro groups is 1. The number of hydrogen-bond acceptors (Lipinski definition) is 7. The Hall–Kier alpha value is -3.24. The number of rotatable bonds is 8. The molecular formula is C20H19ClN6O3S. The van der Waals surface area contributed by atoms with Gasteiger partial charge in [-0.05, 0) is 19.9 Å². The third-order valence-electron chi connectivity index (χ3n) is 4.26. The van der Waals surface area contributed by atoms with E-state index in [-0.39, 0.29) is 22.4 Å². The Morgan fingerprint density at radius 3 is 2.71 bits per heavy atom. The maximum Gasteiger partial charge on any atom is 0.270 e. The number of benzene rings is 2. The standard InChI is InChI=1S/C20H19ClN6O3S/c1-3-26-19(14-6-4-13(2)5-7-14)24-25-20(26)31-12-18(28)23-22-11-15-10-16(27(29)30)8-9-17(15)21/h4-11H,3,12H2,1-2H3,(H,23,28). The lowest BCUT2D eigenvalue weighted by atomic mass is 10.1. The molecule has 1 amide bonds. The Morgan fingerprint density at radius 1 is 1.29 bits per heavy atom. The molecule has 1 heterocycles. The maximum atomic E-state index is 12.1. The Bertz CT molecular complexity index is 1130. The van der Waals surface area contributed by atoms with Crippen LogP contribution in [0.1, 0.15) is 18.1 Å². The van der Waals surface area contributed by atoms with Gasteiger partial charge in [0.1, 0.15) is 0 Å². The Kier molecular flexibility index (Phi) is 7.37. The molecule has 3 rings (SSSR count). The fourth-order valence-electron chi connectivity index (χ4n) is 2.68. The van der Waals surface area contributed by atoms with Crippen LogP contribution in [-0.2, 0) is 11.3 Å². The number of hydrazone groups is 1. The molecule has 0 aliphatic carbocycles. The van der Waals surface area contributed by atoms with Crippen molar-refractivity contribution in [2.24, 2.45) is 5.10 Å². The molecule has 1 aromatic heterocycles. The van der Waals surface area contributed by atoms with Gasteiger partial charge in [0, 0.05) is 34.8 Å². The lowest BCUT2D eigenvalue weighted by molar-refractivity contribution is -0.384. The van der Waals surface area contributed by atoms with E-state index in [0.717, 1.165) is 17.0 Å². The number of nitro benzene ring substituents is 1. The molecule has 3 aromatic rings. The first-order valence-electron chi connectivity index (χ1n) is 9.28. The molecule has 0 radical (unpaired) electrons. The van der Waals surface area contributed by atoms with Gasteiger partial charge in [0.2, 0.25) is 0 Å². The Labute approximate surface area is 187 Å². The van der Waals surface area contributed by atoms with E-state index in [1.807, 2.05) is 42.7 Å². The molecule has 0 bridgehead atoms. The first-order valence-corrected chi connectivity index (χ1v) is 10.6. The van der Waals surface area contributed by atoms with Crippen LogP contribution in [0.3, 0.4) is 0 Å². The number of amides is 1. The van der Waals surface area contributed by atoms with E-state index in [2.05, 4.69) is 20.7 Å². The van der Waals surface area contributed by atoms with Crippen molar-refractivity contribution in [2.45, 2.75) is 25.5 Å². The number of hydrogen-bond donors (Lipinski definition) is 1. The predicted molar refractivity (Wildman–Crippen MR) is 120 cm³/mol. The van der Waals surface area contributed by atoms with Crippen LogP contribution < -0.4 is 5.43 Å². The fourth-order valence-corrected chi connectivity index (χ4v) is 3.64. The number of carbonyl (C=O) groups excluding carboxylic acids is 1. The van der Waals surface area contributed by atoms with Gasteiger partial charge in [-0.25, -0.2) is 5.43 Å². The molecule has 9 nitrogen and oxygen atoms in total. The van der Waals surface area contributed by atoms with Gasteiger partial charge in [0.05, 0.1) is 16.9 Å². The van der Waals surface area contributed by atoms with Crippen LogP contribution in [0.4, 0.5) is 5.69 Å². The van der Waals surface area contributed by atoms with Crippen LogP contribution >= 0.6 is 23.4 Å². The fraction of sp³-hybridized carbons (Fsp3) is 0.200. The van der Waals surface area contributed by atoms with Crippen LogP contribution in [0.2, 0.25) is 5.02 Å². The molecule has 0 saturated carbocycles. The monoisotopic (exact) mass is 458 g/mol. The van der Waals surface area contributed by atoms with Gasteiger partial charge in [-0.2, -0.15) is 5.10 Å². The van der Waals surface area contributed by atoms with Crippen LogP contribution in [0.15, 0.2) is 52.7 Å². The van der Waals surface area contributed by atoms with Gasteiger partial charge < -0.3 is 4.57 Å². The SMILES string of the molecule is CCn1c(SCC(=O)NN=Cc2cc([N+](=O)[O-])ccc2Cl)nnc1-c1ccc(C)cc1. The van der Waals surface area contributed by atoms with Gasteiger partial charge in [-0.1, -0.05) is 53.2 Å². The van der Waals surface area contributed by atoms with Crippen molar-refractivity contribution >= 4 is 41.2 Å². The summed E-state index contributed by atoms with van der Waals surface area (Å²) >= 11 is 7.25. The quantitative estimate of drug-likeness (QED) is 0.235. The molecule has 11 heteroatoms. The summed E-state index contributed by atoms with van der Waals surface area (Å²) in [5, 5.41) is 24.1. The zero-order chi connectivity index (χ0) is 22.4. The molecular weight excluding hydrogens is 440 g/mol. The van der Waals surface area contributed by atoms with E-state index in [1.165, 1.54) is 36.2 Å². The van der Waals surface area contributed by atoms with E-state index in [0.29, 0.717) is 17.3 Å². The van der Waals surface area contributed by atoms with E-state index < -0.39 is 4.92 Å². The van der Waals surface area contributed by atoms with E-state index in [4.69, 9.17) is 11.6 Å². The summed E-state index contributed by atoms with van der Waals surface area (Å²) in [5.41, 5.74) is 4.71.